The first-order valence-electron chi connectivity index (χ1n) is 5.59. The van der Waals surface area contributed by atoms with E-state index in [1.54, 1.807) is 61.9 Å². The van der Waals surface area contributed by atoms with Crippen molar-refractivity contribution in [3.05, 3.63) is 59.7 Å². The molecule has 2 aromatic rings. The van der Waals surface area contributed by atoms with Crippen LogP contribution in [0.5, 0.6) is 11.5 Å². The number of ether oxygens (including phenoxy) is 2. The minimum Gasteiger partial charge on any atom is -0.497 e. The Morgan fingerprint density at radius 2 is 1.42 bits per heavy atom. The SMILES string of the molecule is COc1ccc(C(=O)c2ccc(OC#N)cc2)cc1. The second kappa shape index (κ2) is 5.69. The van der Waals surface area contributed by atoms with E-state index in [2.05, 4.69) is 4.74 Å². The summed E-state index contributed by atoms with van der Waals surface area (Å²) in [6.45, 7) is 0. The summed E-state index contributed by atoms with van der Waals surface area (Å²) in [7, 11) is 1.57. The number of rotatable bonds is 4. The average Bonchev–Trinajstić information content (AvgIpc) is 2.48. The molecule has 0 aliphatic carbocycles. The monoisotopic (exact) mass is 253 g/mol. The van der Waals surface area contributed by atoms with Crippen LogP contribution in [0.1, 0.15) is 15.9 Å². The predicted molar refractivity (Wildman–Crippen MR) is 69.1 cm³/mol. The van der Waals surface area contributed by atoms with Crippen molar-refractivity contribution in [1.82, 2.24) is 0 Å². The molecule has 0 saturated heterocycles. The number of hydrogen-bond donors (Lipinski definition) is 0. The van der Waals surface area contributed by atoms with Crippen molar-refractivity contribution in [1.29, 1.82) is 5.26 Å². The molecule has 2 aromatic carbocycles. The van der Waals surface area contributed by atoms with Gasteiger partial charge in [0.2, 0.25) is 0 Å². The van der Waals surface area contributed by atoms with Gasteiger partial charge >= 0.3 is 0 Å². The highest BCUT2D eigenvalue weighted by Crippen LogP contribution is 2.17. The number of ketones is 1. The predicted octanol–water partition coefficient (Wildman–Crippen LogP) is 2.79. The molecule has 0 fully saturated rings. The molecule has 0 saturated carbocycles. The number of nitriles is 1. The van der Waals surface area contributed by atoms with Crippen molar-refractivity contribution in [2.24, 2.45) is 0 Å². The van der Waals surface area contributed by atoms with Gasteiger partial charge in [0.05, 0.1) is 7.11 Å². The van der Waals surface area contributed by atoms with Crippen LogP contribution in [-0.2, 0) is 0 Å². The van der Waals surface area contributed by atoms with Crippen molar-refractivity contribution < 1.29 is 14.3 Å². The summed E-state index contributed by atoms with van der Waals surface area (Å²) in [5.41, 5.74) is 1.12. The lowest BCUT2D eigenvalue weighted by Gasteiger charge is -2.03. The maximum absolute atomic E-state index is 12.2. The summed E-state index contributed by atoms with van der Waals surface area (Å²) in [6, 6.07) is 13.3. The summed E-state index contributed by atoms with van der Waals surface area (Å²) in [6.07, 6.45) is 1.58. The fourth-order valence-electron chi connectivity index (χ4n) is 1.64. The highest BCUT2D eigenvalue weighted by atomic mass is 16.5. The lowest BCUT2D eigenvalue weighted by Crippen LogP contribution is -2.01. The van der Waals surface area contributed by atoms with E-state index in [0.717, 1.165) is 0 Å². The fourth-order valence-corrected chi connectivity index (χ4v) is 1.64. The lowest BCUT2D eigenvalue weighted by atomic mass is 10.0. The Hall–Kier alpha value is -2.80. The molecule has 0 bridgehead atoms. The topological polar surface area (TPSA) is 59.3 Å². The first-order valence-corrected chi connectivity index (χ1v) is 5.59. The van der Waals surface area contributed by atoms with E-state index < -0.39 is 0 Å². The van der Waals surface area contributed by atoms with Crippen LogP contribution in [0, 0.1) is 11.5 Å². The summed E-state index contributed by atoms with van der Waals surface area (Å²) in [4.78, 5) is 12.2. The minimum atomic E-state index is -0.0915. The fraction of sp³-hybridized carbons (Fsp3) is 0.0667. The Labute approximate surface area is 110 Å². The third kappa shape index (κ3) is 2.90. The van der Waals surface area contributed by atoms with Crippen molar-refractivity contribution in [2.45, 2.75) is 0 Å². The van der Waals surface area contributed by atoms with Gasteiger partial charge in [-0.1, -0.05) is 0 Å². The average molecular weight is 253 g/mol. The van der Waals surface area contributed by atoms with Crippen molar-refractivity contribution in [3.63, 3.8) is 0 Å². The molecule has 0 aromatic heterocycles. The minimum absolute atomic E-state index is 0.0915. The number of nitrogens with zero attached hydrogens (tertiary/aromatic N) is 1. The van der Waals surface area contributed by atoms with Crippen LogP contribution in [0.3, 0.4) is 0 Å². The van der Waals surface area contributed by atoms with E-state index in [0.29, 0.717) is 22.6 Å². The maximum Gasteiger partial charge on any atom is 0.292 e. The van der Waals surface area contributed by atoms with E-state index in [-0.39, 0.29) is 5.78 Å². The maximum atomic E-state index is 12.2. The Morgan fingerprint density at radius 3 is 1.84 bits per heavy atom. The number of hydrogen-bond acceptors (Lipinski definition) is 4. The standard InChI is InChI=1S/C15H11NO3/c1-18-13-6-2-11(3-7-13)15(17)12-4-8-14(9-5-12)19-10-16/h2-9H,1H3. The Morgan fingerprint density at radius 1 is 0.947 bits per heavy atom. The van der Waals surface area contributed by atoms with Gasteiger partial charge in [0.25, 0.3) is 6.26 Å². The highest BCUT2D eigenvalue weighted by molar-refractivity contribution is 6.09. The van der Waals surface area contributed by atoms with Gasteiger partial charge in [-0.2, -0.15) is 0 Å². The zero-order valence-electron chi connectivity index (χ0n) is 10.3. The highest BCUT2D eigenvalue weighted by Gasteiger charge is 2.09. The largest absolute Gasteiger partial charge is 0.497 e. The van der Waals surface area contributed by atoms with Crippen molar-refractivity contribution >= 4 is 5.78 Å². The summed E-state index contributed by atoms with van der Waals surface area (Å²) in [5, 5.41) is 8.37. The smallest absolute Gasteiger partial charge is 0.292 e. The van der Waals surface area contributed by atoms with Gasteiger partial charge in [0.15, 0.2) is 5.78 Å². The number of carbonyl (C=O) groups is 1. The third-order valence-corrected chi connectivity index (χ3v) is 2.63. The molecule has 4 nitrogen and oxygen atoms in total. The van der Waals surface area contributed by atoms with Crippen LogP contribution in [0.2, 0.25) is 0 Å². The van der Waals surface area contributed by atoms with Crippen LogP contribution in [-0.4, -0.2) is 12.9 Å². The Balaban J connectivity index is 2.20. The summed E-state index contributed by atoms with van der Waals surface area (Å²) >= 11 is 0. The number of methoxy groups -OCH3 is 1. The Bertz CT molecular complexity index is 609. The van der Waals surface area contributed by atoms with Gasteiger partial charge < -0.3 is 9.47 Å². The van der Waals surface area contributed by atoms with Crippen molar-refractivity contribution in [2.75, 3.05) is 7.11 Å². The molecule has 4 heteroatoms. The molecule has 2 rings (SSSR count). The molecule has 0 aliphatic heterocycles. The molecule has 0 radical (unpaired) electrons. The quantitative estimate of drug-likeness (QED) is 0.621. The summed E-state index contributed by atoms with van der Waals surface area (Å²) in [5.74, 6) is 1.02. The molecule has 0 spiro atoms. The van der Waals surface area contributed by atoms with Gasteiger partial charge in [-0.05, 0) is 48.5 Å². The van der Waals surface area contributed by atoms with Crippen LogP contribution in [0.4, 0.5) is 0 Å². The summed E-state index contributed by atoms with van der Waals surface area (Å²) < 4.78 is 9.69. The molecule has 0 heterocycles. The number of carbonyl (C=O) groups excluding carboxylic acids is 1. The van der Waals surface area contributed by atoms with Gasteiger partial charge in [0, 0.05) is 11.1 Å². The molecule has 94 valence electrons. The van der Waals surface area contributed by atoms with Gasteiger partial charge in [0.1, 0.15) is 11.5 Å². The van der Waals surface area contributed by atoms with E-state index in [9.17, 15) is 4.79 Å². The lowest BCUT2D eigenvalue weighted by molar-refractivity contribution is 0.103. The van der Waals surface area contributed by atoms with Gasteiger partial charge in [-0.25, -0.2) is 0 Å². The van der Waals surface area contributed by atoms with E-state index in [1.165, 1.54) is 0 Å². The Kier molecular flexibility index (Phi) is 3.79. The zero-order chi connectivity index (χ0) is 13.7. The molecular weight excluding hydrogens is 242 g/mol. The zero-order valence-corrected chi connectivity index (χ0v) is 10.3. The normalized spacial score (nSPS) is 9.47. The number of benzene rings is 2. The van der Waals surface area contributed by atoms with Gasteiger partial charge in [-0.15, -0.1) is 5.26 Å². The van der Waals surface area contributed by atoms with Crippen LogP contribution >= 0.6 is 0 Å². The molecule has 0 atom stereocenters. The second-order valence-electron chi connectivity index (χ2n) is 3.78. The molecular formula is C15H11NO3. The van der Waals surface area contributed by atoms with Crippen molar-refractivity contribution in [3.8, 4) is 17.8 Å². The van der Waals surface area contributed by atoms with E-state index >= 15 is 0 Å². The van der Waals surface area contributed by atoms with Gasteiger partial charge in [-0.3, -0.25) is 4.79 Å². The van der Waals surface area contributed by atoms with Crippen LogP contribution in [0.15, 0.2) is 48.5 Å². The first-order chi connectivity index (χ1) is 9.24. The molecule has 0 aliphatic rings. The van der Waals surface area contributed by atoms with Crippen LogP contribution in [0.25, 0.3) is 0 Å². The molecule has 0 amide bonds. The second-order valence-corrected chi connectivity index (χ2v) is 3.78. The van der Waals surface area contributed by atoms with E-state index in [4.69, 9.17) is 10.00 Å². The molecule has 19 heavy (non-hydrogen) atoms. The first kappa shape index (κ1) is 12.7. The van der Waals surface area contributed by atoms with Crippen LogP contribution < -0.4 is 9.47 Å². The third-order valence-electron chi connectivity index (χ3n) is 2.63. The molecule has 0 N–H and O–H groups in total. The van der Waals surface area contributed by atoms with E-state index in [1.807, 2.05) is 0 Å². The molecule has 0 unspecified atom stereocenters.